The second-order valence-electron chi connectivity index (χ2n) is 9.34. The van der Waals surface area contributed by atoms with Crippen molar-refractivity contribution in [3.63, 3.8) is 0 Å². The molecule has 3 aromatic carbocycles. The van der Waals surface area contributed by atoms with Crippen LogP contribution in [0.2, 0.25) is 0 Å². The first-order valence-corrected chi connectivity index (χ1v) is 15.2. The number of alkyl halides is 3. The molecule has 232 valence electrons. The van der Waals surface area contributed by atoms with Crippen LogP contribution in [0.4, 0.5) is 18.9 Å². The van der Waals surface area contributed by atoms with Crippen molar-refractivity contribution in [3.05, 3.63) is 89.7 Å². The normalized spacial score (nSPS) is 11.8. The molecule has 0 saturated carbocycles. The van der Waals surface area contributed by atoms with Crippen LogP contribution in [0.5, 0.6) is 5.75 Å². The minimum atomic E-state index is -4.61. The quantitative estimate of drug-likeness (QED) is 0.231. The highest BCUT2D eigenvalue weighted by Crippen LogP contribution is 2.32. The number of ether oxygens (including phenoxy) is 1. The third-order valence-corrected chi connectivity index (χ3v) is 8.90. The van der Waals surface area contributed by atoms with Crippen LogP contribution in [-0.2, 0) is 27.5 Å². The highest BCUT2D eigenvalue weighted by atomic mass is 32.2. The third-order valence-electron chi connectivity index (χ3n) is 6.14. The average Bonchev–Trinajstić information content (AvgIpc) is 3.41. The van der Waals surface area contributed by atoms with Gasteiger partial charge in [-0.3, -0.25) is 14.2 Å². The molecule has 1 heterocycles. The number of aromatic nitrogens is 3. The molecule has 2 amide bonds. The van der Waals surface area contributed by atoms with Crippen molar-refractivity contribution < 1.29 is 35.9 Å². The topological polar surface area (TPSA) is 136 Å². The van der Waals surface area contributed by atoms with Crippen molar-refractivity contribution in [2.24, 2.45) is 0 Å². The molecule has 4 rings (SSSR count). The lowest BCUT2D eigenvalue weighted by atomic mass is 10.2. The van der Waals surface area contributed by atoms with Gasteiger partial charge in [-0.05, 0) is 66.7 Å². The maximum atomic E-state index is 13.5. The van der Waals surface area contributed by atoms with Gasteiger partial charge in [-0.25, -0.2) is 12.7 Å². The van der Waals surface area contributed by atoms with Gasteiger partial charge in [0.2, 0.25) is 15.9 Å². The molecule has 16 heteroatoms. The second kappa shape index (κ2) is 13.5. The predicted octanol–water partition coefficient (Wildman–Crippen LogP) is 4.21. The van der Waals surface area contributed by atoms with Crippen molar-refractivity contribution in [1.82, 2.24) is 24.4 Å². The predicted molar refractivity (Wildman–Crippen MR) is 157 cm³/mol. The van der Waals surface area contributed by atoms with E-state index in [9.17, 15) is 31.2 Å². The summed E-state index contributed by atoms with van der Waals surface area (Å²) in [6.45, 7) is -0.238. The van der Waals surface area contributed by atoms with Crippen molar-refractivity contribution >= 4 is 39.3 Å². The molecule has 0 bridgehead atoms. The van der Waals surface area contributed by atoms with Crippen molar-refractivity contribution in [2.45, 2.75) is 22.8 Å². The van der Waals surface area contributed by atoms with E-state index in [1.54, 1.807) is 24.3 Å². The molecular formula is C28H27F3N6O5S2. The molecule has 0 radical (unpaired) electrons. The van der Waals surface area contributed by atoms with Gasteiger partial charge < -0.3 is 15.4 Å². The summed E-state index contributed by atoms with van der Waals surface area (Å²) < 4.78 is 72.6. The number of anilines is 1. The molecule has 1 aromatic heterocycles. The summed E-state index contributed by atoms with van der Waals surface area (Å²) >= 11 is 0.946. The molecule has 0 unspecified atom stereocenters. The monoisotopic (exact) mass is 648 g/mol. The van der Waals surface area contributed by atoms with Crippen LogP contribution in [0.15, 0.2) is 82.8 Å². The Morgan fingerprint density at radius 3 is 2.30 bits per heavy atom. The number of halogens is 3. The van der Waals surface area contributed by atoms with Gasteiger partial charge in [0.25, 0.3) is 5.91 Å². The van der Waals surface area contributed by atoms with Gasteiger partial charge in [-0.1, -0.05) is 17.8 Å². The number of thioether (sulfide) groups is 1. The molecule has 0 saturated heterocycles. The van der Waals surface area contributed by atoms with Crippen LogP contribution < -0.4 is 15.4 Å². The number of hydrogen-bond donors (Lipinski definition) is 2. The van der Waals surface area contributed by atoms with Crippen molar-refractivity contribution in [3.8, 4) is 11.4 Å². The Kier molecular flexibility index (Phi) is 9.96. The van der Waals surface area contributed by atoms with Crippen LogP contribution in [-0.4, -0.2) is 66.3 Å². The lowest BCUT2D eigenvalue weighted by molar-refractivity contribution is -0.137. The molecule has 0 aliphatic heterocycles. The summed E-state index contributed by atoms with van der Waals surface area (Å²) in [5.74, 6) is -0.403. The van der Waals surface area contributed by atoms with E-state index in [0.717, 1.165) is 28.2 Å². The fraction of sp³-hybridized carbons (Fsp3) is 0.214. The zero-order valence-corrected chi connectivity index (χ0v) is 25.3. The van der Waals surface area contributed by atoms with Crippen LogP contribution in [0.1, 0.15) is 21.7 Å². The first kappa shape index (κ1) is 32.5. The molecule has 0 fully saturated rings. The van der Waals surface area contributed by atoms with E-state index in [-0.39, 0.29) is 39.4 Å². The Morgan fingerprint density at radius 1 is 1.00 bits per heavy atom. The number of rotatable bonds is 11. The zero-order valence-electron chi connectivity index (χ0n) is 23.6. The Balaban J connectivity index is 1.54. The summed E-state index contributed by atoms with van der Waals surface area (Å²) in [5.41, 5.74) is -0.158. The summed E-state index contributed by atoms with van der Waals surface area (Å²) in [7, 11) is 0.597. The Bertz CT molecular complexity index is 1740. The zero-order chi connectivity index (χ0) is 32.1. The molecule has 0 atom stereocenters. The number of nitrogens with one attached hydrogen (secondary N) is 2. The Morgan fingerprint density at radius 2 is 1.68 bits per heavy atom. The van der Waals surface area contributed by atoms with E-state index in [2.05, 4.69) is 20.8 Å². The largest absolute Gasteiger partial charge is 0.497 e. The van der Waals surface area contributed by atoms with Gasteiger partial charge in [-0.15, -0.1) is 10.2 Å². The minimum Gasteiger partial charge on any atom is -0.497 e. The Labute approximate surface area is 255 Å². The van der Waals surface area contributed by atoms with Crippen LogP contribution >= 0.6 is 11.8 Å². The van der Waals surface area contributed by atoms with E-state index in [4.69, 9.17) is 4.74 Å². The van der Waals surface area contributed by atoms with E-state index < -0.39 is 33.6 Å². The van der Waals surface area contributed by atoms with E-state index in [0.29, 0.717) is 11.4 Å². The Hall–Kier alpha value is -4.41. The van der Waals surface area contributed by atoms with Crippen molar-refractivity contribution in [2.75, 3.05) is 32.3 Å². The lowest BCUT2D eigenvalue weighted by Gasteiger charge is -2.14. The highest BCUT2D eigenvalue weighted by Gasteiger charge is 2.31. The smallest absolute Gasteiger partial charge is 0.416 e. The molecule has 0 aliphatic rings. The standard InChI is InChI=1S/C28H27F3N6O5S2/c1-36(2)44(40,41)23-13-7-18(8-14-23)26(39)32-16-24-34-35-27(37(24)21-6-4-5-19(15-21)28(29,30)31)43-17-25(38)33-20-9-11-22(42-3)12-10-20/h4-15H,16-17H2,1-3H3,(H,32,39)(H,33,38). The molecule has 0 aliphatic carbocycles. The van der Waals surface area contributed by atoms with Crippen LogP contribution in [0.25, 0.3) is 5.69 Å². The number of carbonyl (C=O) groups is 2. The van der Waals surface area contributed by atoms with Gasteiger partial charge >= 0.3 is 6.18 Å². The van der Waals surface area contributed by atoms with Gasteiger partial charge in [0.1, 0.15) is 5.75 Å². The summed E-state index contributed by atoms with van der Waals surface area (Å²) in [4.78, 5) is 25.4. The maximum Gasteiger partial charge on any atom is 0.416 e. The molecule has 11 nitrogen and oxygen atoms in total. The molecule has 4 aromatic rings. The number of sulfonamides is 1. The second-order valence-corrected chi connectivity index (χ2v) is 12.4. The van der Waals surface area contributed by atoms with E-state index in [1.165, 1.54) is 62.2 Å². The number of nitrogens with zero attached hydrogens (tertiary/aromatic N) is 4. The molecule has 2 N–H and O–H groups in total. The lowest BCUT2D eigenvalue weighted by Crippen LogP contribution is -2.25. The fourth-order valence-electron chi connectivity index (χ4n) is 3.84. The third kappa shape index (κ3) is 7.75. The fourth-order valence-corrected chi connectivity index (χ4v) is 5.51. The molecule has 0 spiro atoms. The van der Waals surface area contributed by atoms with Crippen LogP contribution in [0.3, 0.4) is 0 Å². The van der Waals surface area contributed by atoms with E-state index >= 15 is 0 Å². The van der Waals surface area contributed by atoms with Gasteiger partial charge in [0, 0.05) is 25.3 Å². The average molecular weight is 649 g/mol. The summed E-state index contributed by atoms with van der Waals surface area (Å²) in [6.07, 6.45) is -4.61. The molecule has 44 heavy (non-hydrogen) atoms. The number of amides is 2. The van der Waals surface area contributed by atoms with Gasteiger partial charge in [0.15, 0.2) is 11.0 Å². The number of hydrogen-bond acceptors (Lipinski definition) is 8. The number of carbonyl (C=O) groups excluding carboxylic acids is 2. The highest BCUT2D eigenvalue weighted by molar-refractivity contribution is 7.99. The van der Waals surface area contributed by atoms with Gasteiger partial charge in [-0.2, -0.15) is 13.2 Å². The van der Waals surface area contributed by atoms with Crippen molar-refractivity contribution in [1.29, 1.82) is 0 Å². The SMILES string of the molecule is COc1ccc(NC(=O)CSc2nnc(CNC(=O)c3ccc(S(=O)(=O)N(C)C)cc3)n2-c2cccc(C(F)(F)F)c2)cc1. The summed E-state index contributed by atoms with van der Waals surface area (Å²) in [5, 5.41) is 13.6. The van der Waals surface area contributed by atoms with E-state index in [1.807, 2.05) is 0 Å². The first-order chi connectivity index (χ1) is 20.8. The first-order valence-electron chi connectivity index (χ1n) is 12.8. The summed E-state index contributed by atoms with van der Waals surface area (Å²) in [6, 6.07) is 16.4. The number of benzene rings is 3. The maximum absolute atomic E-state index is 13.5. The molecular weight excluding hydrogens is 621 g/mol. The van der Waals surface area contributed by atoms with Gasteiger partial charge in [0.05, 0.1) is 35.6 Å². The minimum absolute atomic E-state index is 0.000957. The number of methoxy groups -OCH3 is 1. The van der Waals surface area contributed by atoms with Crippen LogP contribution in [0, 0.1) is 0 Å².